The van der Waals surface area contributed by atoms with Crippen molar-refractivity contribution in [3.05, 3.63) is 24.3 Å². The monoisotopic (exact) mass is 337 g/mol. The topological polar surface area (TPSA) is 59.6 Å². The molecule has 0 fully saturated rings. The van der Waals surface area contributed by atoms with E-state index in [1.165, 1.54) is 64.2 Å². The van der Waals surface area contributed by atoms with Crippen molar-refractivity contribution >= 4 is 5.96 Å². The van der Waals surface area contributed by atoms with Crippen LogP contribution in [0.15, 0.2) is 29.3 Å². The first-order valence-corrected chi connectivity index (χ1v) is 9.71. The molecule has 140 valence electrons. The molecule has 0 bridgehead atoms. The number of unbranched alkanes of at least 4 members (excludes halogenated alkanes) is 9. The Kier molecular flexibility index (Phi) is 18.7. The molecule has 0 aromatic heterocycles. The van der Waals surface area contributed by atoms with Crippen molar-refractivity contribution in [3.63, 3.8) is 0 Å². The summed E-state index contributed by atoms with van der Waals surface area (Å²) in [6.07, 6.45) is 24.3. The van der Waals surface area contributed by atoms with Gasteiger partial charge in [0.1, 0.15) is 0 Å². The summed E-state index contributed by atoms with van der Waals surface area (Å²) in [6, 6.07) is 0. The van der Waals surface area contributed by atoms with Gasteiger partial charge in [0.25, 0.3) is 0 Å². The molecule has 0 saturated heterocycles. The van der Waals surface area contributed by atoms with Crippen LogP contribution in [0.25, 0.3) is 0 Å². The van der Waals surface area contributed by atoms with E-state index in [-0.39, 0.29) is 0 Å². The molecule has 0 spiro atoms. The molecule has 0 unspecified atom stereocenters. The highest BCUT2D eigenvalue weighted by molar-refractivity contribution is 5.76. The maximum absolute atomic E-state index is 5.45. The molecule has 0 saturated carbocycles. The normalized spacial score (nSPS) is 12.5. The second kappa shape index (κ2) is 19.8. The third-order valence-corrected chi connectivity index (χ3v) is 3.86. The number of hydrogen-bond donors (Lipinski definition) is 2. The molecule has 3 N–H and O–H groups in total. The van der Waals surface area contributed by atoms with Crippen molar-refractivity contribution in [1.82, 2.24) is 5.48 Å². The fourth-order valence-electron chi connectivity index (χ4n) is 2.33. The summed E-state index contributed by atoms with van der Waals surface area (Å²) < 4.78 is 0. The number of rotatable bonds is 16. The van der Waals surface area contributed by atoms with Gasteiger partial charge in [0.05, 0.1) is 6.61 Å². The van der Waals surface area contributed by atoms with Gasteiger partial charge in [0.2, 0.25) is 5.96 Å². The summed E-state index contributed by atoms with van der Waals surface area (Å²) in [7, 11) is 1.63. The van der Waals surface area contributed by atoms with Gasteiger partial charge in [0, 0.05) is 7.05 Å². The molecule has 0 aromatic rings. The van der Waals surface area contributed by atoms with Crippen molar-refractivity contribution in [2.75, 3.05) is 13.7 Å². The van der Waals surface area contributed by atoms with Gasteiger partial charge < -0.3 is 5.73 Å². The molecule has 0 amide bonds. The highest BCUT2D eigenvalue weighted by Gasteiger charge is 1.93. The summed E-state index contributed by atoms with van der Waals surface area (Å²) in [6.45, 7) is 2.93. The minimum absolute atomic E-state index is 0.329. The molecule has 4 nitrogen and oxygen atoms in total. The molecule has 0 atom stereocenters. The Balaban J connectivity index is 3.18. The number of nitrogens with two attached hydrogens (primary N) is 1. The quantitative estimate of drug-likeness (QED) is 0.133. The second-order valence-corrected chi connectivity index (χ2v) is 6.14. The molecule has 0 aromatic carbocycles. The van der Waals surface area contributed by atoms with E-state index in [9.17, 15) is 0 Å². The lowest BCUT2D eigenvalue weighted by atomic mass is 10.1. The predicted octanol–water partition coefficient (Wildman–Crippen LogP) is 5.27. The largest absolute Gasteiger partial charge is 0.368 e. The Hall–Kier alpha value is -1.29. The van der Waals surface area contributed by atoms with Crippen molar-refractivity contribution in [3.8, 4) is 0 Å². The van der Waals surface area contributed by atoms with Crippen LogP contribution in [0.3, 0.4) is 0 Å². The maximum Gasteiger partial charge on any atom is 0.212 e. The Morgan fingerprint density at radius 2 is 1.46 bits per heavy atom. The van der Waals surface area contributed by atoms with Gasteiger partial charge in [-0.3, -0.25) is 9.83 Å². The van der Waals surface area contributed by atoms with E-state index >= 15 is 0 Å². The first kappa shape index (κ1) is 22.7. The lowest BCUT2D eigenvalue weighted by molar-refractivity contribution is 0.0806. The van der Waals surface area contributed by atoms with Crippen LogP contribution < -0.4 is 11.2 Å². The first-order valence-electron chi connectivity index (χ1n) is 9.71. The number of hydroxylamine groups is 1. The van der Waals surface area contributed by atoms with E-state index in [1.807, 2.05) is 0 Å². The van der Waals surface area contributed by atoms with E-state index in [0.717, 1.165) is 12.8 Å². The van der Waals surface area contributed by atoms with Gasteiger partial charge >= 0.3 is 0 Å². The maximum atomic E-state index is 5.45. The highest BCUT2D eigenvalue weighted by Crippen LogP contribution is 2.08. The Labute approximate surface area is 149 Å². The molecule has 0 heterocycles. The third kappa shape index (κ3) is 18.8. The van der Waals surface area contributed by atoms with Crippen LogP contribution in [0.5, 0.6) is 0 Å². The molecular weight excluding hydrogens is 298 g/mol. The molecule has 0 aliphatic rings. The summed E-state index contributed by atoms with van der Waals surface area (Å²) in [5.41, 5.74) is 8.05. The SMILES string of the molecule is CCCCC/C=C\C/C=C\CCCCCCCCONC(N)=NC. The number of allylic oxidation sites excluding steroid dienone is 4. The van der Waals surface area contributed by atoms with Crippen molar-refractivity contribution in [2.24, 2.45) is 10.7 Å². The summed E-state index contributed by atoms with van der Waals surface area (Å²) in [5, 5.41) is 0. The predicted molar refractivity (Wildman–Crippen MR) is 106 cm³/mol. The molecule has 0 rings (SSSR count). The number of aliphatic imine (C=N–C) groups is 1. The first-order chi connectivity index (χ1) is 11.8. The smallest absolute Gasteiger partial charge is 0.212 e. The summed E-state index contributed by atoms with van der Waals surface area (Å²) >= 11 is 0. The van der Waals surface area contributed by atoms with Crippen LogP contribution in [0.1, 0.15) is 84.0 Å². The minimum Gasteiger partial charge on any atom is -0.368 e. The Morgan fingerprint density at radius 3 is 2.08 bits per heavy atom. The van der Waals surface area contributed by atoms with Crippen molar-refractivity contribution in [2.45, 2.75) is 84.0 Å². The minimum atomic E-state index is 0.329. The van der Waals surface area contributed by atoms with Crippen molar-refractivity contribution < 1.29 is 4.84 Å². The van der Waals surface area contributed by atoms with Crippen LogP contribution in [0.4, 0.5) is 0 Å². The fraction of sp³-hybridized carbons (Fsp3) is 0.750. The molecule has 24 heavy (non-hydrogen) atoms. The van der Waals surface area contributed by atoms with Gasteiger partial charge in [-0.15, -0.1) is 0 Å². The molecule has 0 aliphatic carbocycles. The van der Waals surface area contributed by atoms with E-state index in [2.05, 4.69) is 41.7 Å². The Morgan fingerprint density at radius 1 is 0.875 bits per heavy atom. The van der Waals surface area contributed by atoms with Crippen molar-refractivity contribution in [1.29, 1.82) is 0 Å². The average Bonchev–Trinajstić information content (AvgIpc) is 2.60. The van der Waals surface area contributed by atoms with Gasteiger partial charge in [-0.25, -0.2) is 5.48 Å². The van der Waals surface area contributed by atoms with Gasteiger partial charge in [-0.05, 0) is 38.5 Å². The van der Waals surface area contributed by atoms with E-state index in [1.54, 1.807) is 7.05 Å². The van der Waals surface area contributed by atoms with E-state index in [0.29, 0.717) is 12.6 Å². The van der Waals surface area contributed by atoms with Gasteiger partial charge in [-0.2, -0.15) is 0 Å². The van der Waals surface area contributed by atoms with Gasteiger partial charge in [-0.1, -0.05) is 69.8 Å². The van der Waals surface area contributed by atoms with Crippen LogP contribution >= 0.6 is 0 Å². The zero-order chi connectivity index (χ0) is 17.7. The van der Waals surface area contributed by atoms with E-state index in [4.69, 9.17) is 10.6 Å². The Bertz CT molecular complexity index is 338. The summed E-state index contributed by atoms with van der Waals surface area (Å²) in [4.78, 5) is 8.94. The number of nitrogens with one attached hydrogen (secondary N) is 1. The summed E-state index contributed by atoms with van der Waals surface area (Å²) in [5.74, 6) is 0.329. The lowest BCUT2D eigenvalue weighted by Crippen LogP contribution is -2.31. The van der Waals surface area contributed by atoms with Crippen LogP contribution in [-0.4, -0.2) is 19.6 Å². The van der Waals surface area contributed by atoms with Crippen LogP contribution in [0, 0.1) is 0 Å². The number of guanidine groups is 1. The zero-order valence-electron chi connectivity index (χ0n) is 15.9. The lowest BCUT2D eigenvalue weighted by Gasteiger charge is -2.05. The van der Waals surface area contributed by atoms with Crippen LogP contribution in [-0.2, 0) is 4.84 Å². The highest BCUT2D eigenvalue weighted by atomic mass is 16.6. The molecular formula is C20H39N3O. The fourth-order valence-corrected chi connectivity index (χ4v) is 2.33. The second-order valence-electron chi connectivity index (χ2n) is 6.14. The van der Waals surface area contributed by atoms with Crippen LogP contribution in [0.2, 0.25) is 0 Å². The molecule has 4 heteroatoms. The standard InChI is InChI=1S/C20H39N3O/c1-3-4-5-6-7-8-9-10-11-12-13-14-15-16-17-18-19-24-23-20(21)22-2/h7-8,10-11H,3-6,9,12-19H2,1-2H3,(H3,21,22,23)/b8-7-,11-10-. The molecule has 0 aliphatic heterocycles. The average molecular weight is 338 g/mol. The number of nitrogens with zero attached hydrogens (tertiary/aromatic N) is 1. The van der Waals surface area contributed by atoms with E-state index < -0.39 is 0 Å². The number of hydrogen-bond acceptors (Lipinski definition) is 2. The molecule has 0 radical (unpaired) electrons. The zero-order valence-corrected chi connectivity index (χ0v) is 15.9. The third-order valence-electron chi connectivity index (χ3n) is 3.86. The van der Waals surface area contributed by atoms with Gasteiger partial charge in [0.15, 0.2) is 0 Å².